The van der Waals surface area contributed by atoms with Crippen LogP contribution in [0.3, 0.4) is 0 Å². The number of benzene rings is 2. The summed E-state index contributed by atoms with van der Waals surface area (Å²) in [5, 5.41) is 11.1. The number of hydrogen-bond acceptors (Lipinski definition) is 5. The fourth-order valence-electron chi connectivity index (χ4n) is 1.94. The molecule has 0 saturated carbocycles. The van der Waals surface area contributed by atoms with Crippen LogP contribution in [0, 0.1) is 10.1 Å². The highest BCUT2D eigenvalue weighted by atomic mass is 79.9. The van der Waals surface area contributed by atoms with Gasteiger partial charge in [0.05, 0.1) is 10.6 Å². The Labute approximate surface area is 140 Å². The van der Waals surface area contributed by atoms with Crippen molar-refractivity contribution < 1.29 is 18.1 Å². The molecule has 0 radical (unpaired) electrons. The highest BCUT2D eigenvalue weighted by molar-refractivity contribution is 9.10. The Morgan fingerprint density at radius 3 is 2.48 bits per heavy atom. The summed E-state index contributed by atoms with van der Waals surface area (Å²) in [6.45, 7) is 1.30. The van der Waals surface area contributed by atoms with Gasteiger partial charge in [0.1, 0.15) is 0 Å². The van der Waals surface area contributed by atoms with Gasteiger partial charge in [0, 0.05) is 16.1 Å². The maximum Gasteiger partial charge on any atom is 0.291 e. The van der Waals surface area contributed by atoms with E-state index in [1.165, 1.54) is 25.1 Å². The zero-order chi connectivity index (χ0) is 17.2. The monoisotopic (exact) mass is 398 g/mol. The molecule has 2 aromatic carbocycles. The van der Waals surface area contributed by atoms with Crippen molar-refractivity contribution in [3.8, 4) is 0 Å². The highest BCUT2D eigenvalue weighted by Gasteiger charge is 2.27. The van der Waals surface area contributed by atoms with E-state index in [0.717, 1.165) is 12.1 Å². The lowest BCUT2D eigenvalue weighted by Crippen LogP contribution is -2.16. The Kier molecular flexibility index (Phi) is 4.81. The van der Waals surface area contributed by atoms with Gasteiger partial charge in [-0.2, -0.15) is 0 Å². The van der Waals surface area contributed by atoms with Crippen LogP contribution in [0.25, 0.3) is 0 Å². The number of ketones is 1. The minimum Gasteiger partial charge on any atom is -0.294 e. The normalized spacial score (nSPS) is 11.0. The van der Waals surface area contributed by atoms with Gasteiger partial charge in [0.25, 0.3) is 15.7 Å². The summed E-state index contributed by atoms with van der Waals surface area (Å²) in [5.74, 6) is -0.325. The second-order valence-electron chi connectivity index (χ2n) is 4.58. The number of para-hydroxylation sites is 1. The standard InChI is InChI=1S/C14H11BrN2O5S/c1-9(18)11-4-2-3-5-12(11)16-23(21,22)14-7-6-10(15)8-13(14)17(19)20/h2-8,16H,1H3. The first kappa shape index (κ1) is 17.1. The van der Waals surface area contributed by atoms with Crippen LogP contribution in [0.4, 0.5) is 11.4 Å². The number of carbonyl (C=O) groups excluding carboxylic acids is 1. The first-order valence-electron chi connectivity index (χ1n) is 6.29. The number of sulfonamides is 1. The van der Waals surface area contributed by atoms with Crippen molar-refractivity contribution in [3.63, 3.8) is 0 Å². The molecule has 0 fully saturated rings. The molecule has 0 heterocycles. The number of halogens is 1. The second kappa shape index (κ2) is 6.47. The molecule has 0 aliphatic heterocycles. The highest BCUT2D eigenvalue weighted by Crippen LogP contribution is 2.29. The van der Waals surface area contributed by atoms with E-state index < -0.39 is 25.5 Å². The van der Waals surface area contributed by atoms with Crippen LogP contribution in [0.2, 0.25) is 0 Å². The molecule has 0 saturated heterocycles. The van der Waals surface area contributed by atoms with Gasteiger partial charge < -0.3 is 0 Å². The van der Waals surface area contributed by atoms with E-state index in [2.05, 4.69) is 20.7 Å². The van der Waals surface area contributed by atoms with Crippen molar-refractivity contribution in [1.82, 2.24) is 0 Å². The van der Waals surface area contributed by atoms with Gasteiger partial charge in [-0.3, -0.25) is 19.6 Å². The molecule has 2 rings (SSSR count). The third-order valence-corrected chi connectivity index (χ3v) is 4.86. The molecule has 9 heteroatoms. The lowest BCUT2D eigenvalue weighted by Gasteiger charge is -2.11. The van der Waals surface area contributed by atoms with Crippen LogP contribution in [0.1, 0.15) is 17.3 Å². The second-order valence-corrected chi connectivity index (χ2v) is 7.14. The van der Waals surface area contributed by atoms with E-state index in [4.69, 9.17) is 0 Å². The number of nitrogens with zero attached hydrogens (tertiary/aromatic N) is 1. The number of rotatable bonds is 5. The quantitative estimate of drug-likeness (QED) is 0.471. The van der Waals surface area contributed by atoms with E-state index in [1.54, 1.807) is 12.1 Å². The Balaban J connectivity index is 2.53. The molecule has 0 aliphatic carbocycles. The topological polar surface area (TPSA) is 106 Å². The number of Topliss-reactive ketones (excluding diaryl/α,β-unsaturated/α-hetero) is 1. The summed E-state index contributed by atoms with van der Waals surface area (Å²) in [7, 11) is -4.23. The van der Waals surface area contributed by atoms with E-state index in [-0.39, 0.29) is 17.0 Å². The van der Waals surface area contributed by atoms with Crippen LogP contribution in [0.5, 0.6) is 0 Å². The Hall–Kier alpha value is -2.26. The van der Waals surface area contributed by atoms with E-state index in [0.29, 0.717) is 4.47 Å². The lowest BCUT2D eigenvalue weighted by atomic mass is 10.1. The van der Waals surface area contributed by atoms with E-state index in [1.807, 2.05) is 0 Å². The SMILES string of the molecule is CC(=O)c1ccccc1NS(=O)(=O)c1ccc(Br)cc1[N+](=O)[O-]. The number of nitro groups is 1. The number of hydrogen-bond donors (Lipinski definition) is 1. The van der Waals surface area contributed by atoms with Crippen LogP contribution in [-0.4, -0.2) is 19.1 Å². The summed E-state index contributed by atoms with van der Waals surface area (Å²) in [6.07, 6.45) is 0. The van der Waals surface area contributed by atoms with Crippen molar-refractivity contribution in [2.24, 2.45) is 0 Å². The maximum absolute atomic E-state index is 12.5. The van der Waals surface area contributed by atoms with E-state index >= 15 is 0 Å². The van der Waals surface area contributed by atoms with Crippen molar-refractivity contribution >= 4 is 43.1 Å². The van der Waals surface area contributed by atoms with Crippen LogP contribution < -0.4 is 4.72 Å². The molecule has 0 unspecified atom stereocenters. The molecule has 0 aromatic heterocycles. The molecule has 0 amide bonds. The summed E-state index contributed by atoms with van der Waals surface area (Å²) >= 11 is 3.06. The number of nitro benzene ring substituents is 1. The fourth-order valence-corrected chi connectivity index (χ4v) is 3.52. The minimum atomic E-state index is -4.23. The summed E-state index contributed by atoms with van der Waals surface area (Å²) in [6, 6.07) is 9.65. The van der Waals surface area contributed by atoms with Gasteiger partial charge in [0.2, 0.25) is 0 Å². The van der Waals surface area contributed by atoms with Crippen molar-refractivity contribution in [2.75, 3.05) is 4.72 Å². The predicted molar refractivity (Wildman–Crippen MR) is 88.1 cm³/mol. The predicted octanol–water partition coefficient (Wildman–Crippen LogP) is 3.36. The third-order valence-electron chi connectivity index (χ3n) is 2.96. The Morgan fingerprint density at radius 1 is 1.22 bits per heavy atom. The average Bonchev–Trinajstić information content (AvgIpc) is 2.46. The fraction of sp³-hybridized carbons (Fsp3) is 0.0714. The van der Waals surface area contributed by atoms with Gasteiger partial charge >= 0.3 is 0 Å². The molecule has 1 N–H and O–H groups in total. The van der Waals surface area contributed by atoms with Gasteiger partial charge in [-0.1, -0.05) is 28.1 Å². The average molecular weight is 399 g/mol. The number of anilines is 1. The van der Waals surface area contributed by atoms with Gasteiger partial charge in [-0.25, -0.2) is 8.42 Å². The Bertz CT molecular complexity index is 896. The molecule has 0 aliphatic rings. The zero-order valence-corrected chi connectivity index (χ0v) is 14.2. The van der Waals surface area contributed by atoms with Crippen molar-refractivity contribution in [2.45, 2.75) is 11.8 Å². The molecule has 0 atom stereocenters. The third kappa shape index (κ3) is 3.74. The summed E-state index contributed by atoms with van der Waals surface area (Å²) in [4.78, 5) is 21.4. The Morgan fingerprint density at radius 2 is 1.87 bits per heavy atom. The zero-order valence-electron chi connectivity index (χ0n) is 11.8. The molecule has 7 nitrogen and oxygen atoms in total. The number of carbonyl (C=O) groups is 1. The number of nitrogens with one attached hydrogen (secondary N) is 1. The van der Waals surface area contributed by atoms with Gasteiger partial charge in [-0.05, 0) is 31.2 Å². The first-order valence-corrected chi connectivity index (χ1v) is 8.56. The van der Waals surface area contributed by atoms with Crippen LogP contribution >= 0.6 is 15.9 Å². The maximum atomic E-state index is 12.5. The lowest BCUT2D eigenvalue weighted by molar-refractivity contribution is -0.387. The van der Waals surface area contributed by atoms with Crippen molar-refractivity contribution in [1.29, 1.82) is 0 Å². The van der Waals surface area contributed by atoms with E-state index in [9.17, 15) is 23.3 Å². The summed E-state index contributed by atoms with van der Waals surface area (Å²) in [5.41, 5.74) is -0.319. The smallest absolute Gasteiger partial charge is 0.291 e. The van der Waals surface area contributed by atoms with Gasteiger partial charge in [0.15, 0.2) is 10.7 Å². The van der Waals surface area contributed by atoms with Crippen LogP contribution in [0.15, 0.2) is 51.8 Å². The molecular formula is C14H11BrN2O5S. The largest absolute Gasteiger partial charge is 0.294 e. The van der Waals surface area contributed by atoms with Crippen molar-refractivity contribution in [3.05, 3.63) is 62.6 Å². The molecule has 23 heavy (non-hydrogen) atoms. The van der Waals surface area contributed by atoms with Gasteiger partial charge in [-0.15, -0.1) is 0 Å². The molecular weight excluding hydrogens is 388 g/mol. The molecule has 2 aromatic rings. The first-order chi connectivity index (χ1) is 10.7. The summed E-state index contributed by atoms with van der Waals surface area (Å²) < 4.78 is 27.6. The molecule has 0 spiro atoms. The molecule has 0 bridgehead atoms. The van der Waals surface area contributed by atoms with Crippen LogP contribution in [-0.2, 0) is 10.0 Å². The molecule has 120 valence electrons. The minimum absolute atomic E-state index is 0.0669.